The quantitative estimate of drug-likeness (QED) is 0.889. The molecule has 0 bridgehead atoms. The van der Waals surface area contributed by atoms with Gasteiger partial charge in [0.1, 0.15) is 5.82 Å². The van der Waals surface area contributed by atoms with Gasteiger partial charge in [-0.05, 0) is 43.5 Å². The number of benzene rings is 1. The summed E-state index contributed by atoms with van der Waals surface area (Å²) in [5, 5.41) is 7.48. The second-order valence-electron chi connectivity index (χ2n) is 4.65. The zero-order valence-corrected chi connectivity index (χ0v) is 10.4. The summed E-state index contributed by atoms with van der Waals surface area (Å²) in [5.41, 5.74) is 8.64. The molecule has 0 radical (unpaired) electrons. The summed E-state index contributed by atoms with van der Waals surface area (Å²) in [4.78, 5) is 0. The van der Waals surface area contributed by atoms with E-state index in [-0.39, 0.29) is 5.82 Å². The lowest BCUT2D eigenvalue weighted by Gasteiger charge is -2.15. The number of nitrogens with two attached hydrogens (primary N) is 1. The zero-order chi connectivity index (χ0) is 13.2. The van der Waals surface area contributed by atoms with Crippen LogP contribution in [0.15, 0.2) is 42.2 Å². The Labute approximate surface area is 110 Å². The van der Waals surface area contributed by atoms with Crippen LogP contribution in [0, 0.1) is 5.82 Å². The lowest BCUT2D eigenvalue weighted by Crippen LogP contribution is -2.02. The Morgan fingerprint density at radius 1 is 1.26 bits per heavy atom. The molecule has 3 N–H and O–H groups in total. The van der Waals surface area contributed by atoms with Gasteiger partial charge in [0.25, 0.3) is 0 Å². The van der Waals surface area contributed by atoms with Crippen molar-refractivity contribution in [2.45, 2.75) is 19.3 Å². The van der Waals surface area contributed by atoms with Gasteiger partial charge in [0.15, 0.2) is 5.82 Å². The van der Waals surface area contributed by atoms with Crippen LogP contribution in [0.25, 0.3) is 5.69 Å². The fourth-order valence-electron chi connectivity index (χ4n) is 1.92. The molecule has 1 aliphatic rings. The van der Waals surface area contributed by atoms with Crippen LogP contribution in [-0.2, 0) is 0 Å². The fraction of sp³-hybridized carbons (Fsp3) is 0.214. The number of hydrogen-bond donors (Lipinski definition) is 2. The topological polar surface area (TPSA) is 55.9 Å². The molecular weight excluding hydrogens is 243 g/mol. The van der Waals surface area contributed by atoms with E-state index in [1.54, 1.807) is 23.0 Å². The van der Waals surface area contributed by atoms with E-state index in [0.717, 1.165) is 18.5 Å². The summed E-state index contributed by atoms with van der Waals surface area (Å²) in [6.45, 7) is 0. The van der Waals surface area contributed by atoms with Gasteiger partial charge in [-0.2, -0.15) is 0 Å². The van der Waals surface area contributed by atoms with Gasteiger partial charge in [0.2, 0.25) is 0 Å². The van der Waals surface area contributed by atoms with Crippen LogP contribution in [-0.4, -0.2) is 9.78 Å². The Morgan fingerprint density at radius 2 is 2.00 bits per heavy atom. The SMILES string of the molecule is Nc1cn(-c2ccc(F)cc2)nc1NC=C1CCC1. The maximum Gasteiger partial charge on any atom is 0.175 e. The van der Waals surface area contributed by atoms with E-state index in [1.807, 2.05) is 6.20 Å². The van der Waals surface area contributed by atoms with E-state index in [9.17, 15) is 4.39 Å². The third-order valence-electron chi connectivity index (χ3n) is 3.24. The molecule has 0 spiro atoms. The van der Waals surface area contributed by atoms with Crippen molar-refractivity contribution in [3.63, 3.8) is 0 Å². The van der Waals surface area contributed by atoms with Crippen LogP contribution in [0.5, 0.6) is 0 Å². The van der Waals surface area contributed by atoms with E-state index >= 15 is 0 Å². The van der Waals surface area contributed by atoms with Crippen molar-refractivity contribution in [1.29, 1.82) is 0 Å². The number of allylic oxidation sites excluding steroid dienone is 1. The van der Waals surface area contributed by atoms with Crippen molar-refractivity contribution in [2.75, 3.05) is 11.1 Å². The van der Waals surface area contributed by atoms with Gasteiger partial charge in [-0.25, -0.2) is 9.07 Å². The van der Waals surface area contributed by atoms with E-state index in [2.05, 4.69) is 10.4 Å². The summed E-state index contributed by atoms with van der Waals surface area (Å²) in [6, 6.07) is 6.12. The highest BCUT2D eigenvalue weighted by Crippen LogP contribution is 2.26. The molecule has 5 heteroatoms. The number of nitrogens with zero attached hydrogens (tertiary/aromatic N) is 2. The predicted octanol–water partition coefficient (Wildman–Crippen LogP) is 3.07. The lowest BCUT2D eigenvalue weighted by molar-refractivity contribution is 0.627. The van der Waals surface area contributed by atoms with Crippen LogP contribution >= 0.6 is 0 Å². The van der Waals surface area contributed by atoms with Gasteiger partial charge >= 0.3 is 0 Å². The third kappa shape index (κ3) is 2.45. The van der Waals surface area contributed by atoms with Crippen LogP contribution in [0.4, 0.5) is 15.9 Å². The number of halogens is 1. The maximum absolute atomic E-state index is 12.9. The molecule has 3 rings (SSSR count). The smallest absolute Gasteiger partial charge is 0.175 e. The molecule has 2 aromatic rings. The molecule has 19 heavy (non-hydrogen) atoms. The third-order valence-corrected chi connectivity index (χ3v) is 3.24. The standard InChI is InChI=1S/C14H15FN4/c15-11-4-6-12(7-5-11)19-9-13(16)14(18-19)17-8-10-2-1-3-10/h4-9H,1-3,16H2,(H,17,18). The Bertz CT molecular complexity index is 607. The van der Waals surface area contributed by atoms with E-state index < -0.39 is 0 Å². The number of aromatic nitrogens is 2. The zero-order valence-electron chi connectivity index (χ0n) is 10.4. The molecule has 0 atom stereocenters. The molecule has 1 aromatic heterocycles. The van der Waals surface area contributed by atoms with Gasteiger partial charge in [-0.3, -0.25) is 0 Å². The minimum absolute atomic E-state index is 0.267. The van der Waals surface area contributed by atoms with Gasteiger partial charge in [0, 0.05) is 6.20 Å². The van der Waals surface area contributed by atoms with Crippen molar-refractivity contribution in [1.82, 2.24) is 9.78 Å². The lowest BCUT2D eigenvalue weighted by atomic mass is 9.94. The van der Waals surface area contributed by atoms with E-state index in [4.69, 9.17) is 5.73 Å². The number of nitrogens with one attached hydrogen (secondary N) is 1. The van der Waals surface area contributed by atoms with Crippen molar-refractivity contribution >= 4 is 11.5 Å². The van der Waals surface area contributed by atoms with Crippen LogP contribution < -0.4 is 11.1 Å². The second kappa shape index (κ2) is 4.76. The Morgan fingerprint density at radius 3 is 2.63 bits per heavy atom. The molecule has 1 fully saturated rings. The first kappa shape index (κ1) is 11.8. The van der Waals surface area contributed by atoms with Crippen molar-refractivity contribution < 1.29 is 4.39 Å². The van der Waals surface area contributed by atoms with Crippen molar-refractivity contribution in [3.05, 3.63) is 48.1 Å². The molecule has 1 aromatic carbocycles. The molecule has 0 amide bonds. The summed E-state index contributed by atoms with van der Waals surface area (Å²) in [5.74, 6) is 0.362. The maximum atomic E-state index is 12.9. The average Bonchev–Trinajstić information content (AvgIpc) is 2.70. The first-order chi connectivity index (χ1) is 9.22. The first-order valence-electron chi connectivity index (χ1n) is 6.28. The minimum atomic E-state index is -0.267. The molecule has 1 saturated carbocycles. The predicted molar refractivity (Wildman–Crippen MR) is 73.5 cm³/mol. The summed E-state index contributed by atoms with van der Waals surface area (Å²) in [7, 11) is 0. The summed E-state index contributed by atoms with van der Waals surface area (Å²) in [6.07, 6.45) is 7.23. The van der Waals surface area contributed by atoms with Gasteiger partial charge in [0.05, 0.1) is 17.6 Å². The van der Waals surface area contributed by atoms with Gasteiger partial charge < -0.3 is 11.1 Å². The number of rotatable bonds is 3. The van der Waals surface area contributed by atoms with E-state index in [0.29, 0.717) is 11.5 Å². The molecule has 0 saturated heterocycles. The highest BCUT2D eigenvalue weighted by molar-refractivity contribution is 5.62. The largest absolute Gasteiger partial charge is 0.394 e. The molecule has 1 heterocycles. The van der Waals surface area contributed by atoms with Crippen LogP contribution in [0.2, 0.25) is 0 Å². The van der Waals surface area contributed by atoms with E-state index in [1.165, 1.54) is 24.1 Å². The molecular formula is C14H15FN4. The molecule has 4 nitrogen and oxygen atoms in total. The Balaban J connectivity index is 1.82. The number of nitrogen functional groups attached to an aromatic ring is 1. The number of hydrogen-bond acceptors (Lipinski definition) is 3. The monoisotopic (exact) mass is 258 g/mol. The summed E-state index contributed by atoms with van der Waals surface area (Å²) < 4.78 is 14.5. The molecule has 1 aliphatic carbocycles. The Kier molecular flexibility index (Phi) is 2.95. The molecule has 0 unspecified atom stereocenters. The Hall–Kier alpha value is -2.30. The van der Waals surface area contributed by atoms with Crippen molar-refractivity contribution in [2.24, 2.45) is 0 Å². The van der Waals surface area contributed by atoms with Crippen molar-refractivity contribution in [3.8, 4) is 5.69 Å². The van der Waals surface area contributed by atoms with Gasteiger partial charge in [-0.15, -0.1) is 5.10 Å². The minimum Gasteiger partial charge on any atom is -0.394 e. The van der Waals surface area contributed by atoms with Crippen LogP contribution in [0.1, 0.15) is 19.3 Å². The van der Waals surface area contributed by atoms with Gasteiger partial charge in [-0.1, -0.05) is 5.57 Å². The average molecular weight is 258 g/mol. The second-order valence-corrected chi connectivity index (χ2v) is 4.65. The summed E-state index contributed by atoms with van der Waals surface area (Å²) >= 11 is 0. The van der Waals surface area contributed by atoms with Crippen LogP contribution in [0.3, 0.4) is 0 Å². The normalized spacial score (nSPS) is 14.1. The fourth-order valence-corrected chi connectivity index (χ4v) is 1.92. The first-order valence-corrected chi connectivity index (χ1v) is 6.28. The molecule has 0 aliphatic heterocycles. The highest BCUT2D eigenvalue weighted by atomic mass is 19.1. The highest BCUT2D eigenvalue weighted by Gasteiger charge is 2.10. The molecule has 98 valence electrons. The number of anilines is 2.